The Morgan fingerprint density at radius 2 is 2.04 bits per heavy atom. The van der Waals surface area contributed by atoms with Gasteiger partial charge in [-0.15, -0.1) is 0 Å². The van der Waals surface area contributed by atoms with Crippen LogP contribution in [0.5, 0.6) is 11.5 Å². The first-order valence-corrected chi connectivity index (χ1v) is 8.43. The topological polar surface area (TPSA) is 82.1 Å². The highest BCUT2D eigenvalue weighted by Gasteiger charge is 2.36. The number of rotatable bonds is 6. The van der Waals surface area contributed by atoms with Crippen LogP contribution < -0.4 is 9.47 Å². The lowest BCUT2D eigenvalue weighted by Gasteiger charge is -2.12. The first-order valence-electron chi connectivity index (χ1n) is 7.23. The Labute approximate surface area is 153 Å². The number of carbonyl (C=O) groups is 3. The molecule has 25 heavy (non-hydrogen) atoms. The van der Waals surface area contributed by atoms with E-state index in [0.717, 1.165) is 16.7 Å². The van der Waals surface area contributed by atoms with Crippen LogP contribution in [0, 0.1) is 0 Å². The van der Waals surface area contributed by atoms with Crippen molar-refractivity contribution in [3.05, 3.63) is 27.6 Å². The van der Waals surface area contributed by atoms with Gasteiger partial charge in [-0.2, -0.15) is 0 Å². The molecule has 134 valence electrons. The van der Waals surface area contributed by atoms with E-state index in [1.165, 1.54) is 20.3 Å². The van der Waals surface area contributed by atoms with E-state index in [1.807, 2.05) is 6.92 Å². The van der Waals surface area contributed by atoms with Gasteiger partial charge in [0, 0.05) is 0 Å². The van der Waals surface area contributed by atoms with Crippen LogP contribution in [0.2, 0.25) is 5.02 Å². The highest BCUT2D eigenvalue weighted by Crippen LogP contribution is 2.38. The molecule has 0 radical (unpaired) electrons. The number of methoxy groups -OCH3 is 2. The molecule has 0 saturated carbocycles. The second-order valence-electron chi connectivity index (χ2n) is 4.81. The number of amides is 2. The predicted octanol–water partition coefficient (Wildman–Crippen LogP) is 2.96. The Bertz CT molecular complexity index is 748. The van der Waals surface area contributed by atoms with Crippen molar-refractivity contribution in [1.29, 1.82) is 0 Å². The Morgan fingerprint density at radius 1 is 1.32 bits per heavy atom. The standard InChI is InChI=1S/C16H16ClNO6S/c1-4-24-11-6-9(5-10(17)14(11)23-3)7-12-15(20)18(16(21)25-12)8-13(19)22-2/h5-7H,4,8H2,1-3H3/b12-7+. The van der Waals surface area contributed by atoms with Gasteiger partial charge in [-0.3, -0.25) is 19.3 Å². The molecule has 1 heterocycles. The van der Waals surface area contributed by atoms with Gasteiger partial charge in [-0.1, -0.05) is 11.6 Å². The molecule has 1 aliphatic heterocycles. The third-order valence-corrected chi connectivity index (χ3v) is 4.41. The van der Waals surface area contributed by atoms with Gasteiger partial charge in [-0.25, -0.2) is 0 Å². The van der Waals surface area contributed by atoms with E-state index in [2.05, 4.69) is 4.74 Å². The fraction of sp³-hybridized carbons (Fsp3) is 0.312. The van der Waals surface area contributed by atoms with Crippen molar-refractivity contribution in [2.24, 2.45) is 0 Å². The minimum atomic E-state index is -0.672. The molecule has 2 rings (SSSR count). The molecule has 0 spiro atoms. The van der Waals surface area contributed by atoms with Crippen molar-refractivity contribution in [3.63, 3.8) is 0 Å². The van der Waals surface area contributed by atoms with Crippen LogP contribution >= 0.6 is 23.4 Å². The maximum absolute atomic E-state index is 12.3. The van der Waals surface area contributed by atoms with Gasteiger partial charge >= 0.3 is 5.97 Å². The van der Waals surface area contributed by atoms with Crippen LogP contribution in [0.4, 0.5) is 4.79 Å². The minimum absolute atomic E-state index is 0.178. The molecule has 1 fully saturated rings. The predicted molar refractivity (Wildman–Crippen MR) is 93.9 cm³/mol. The zero-order valence-electron chi connectivity index (χ0n) is 13.8. The fourth-order valence-electron chi connectivity index (χ4n) is 2.11. The summed E-state index contributed by atoms with van der Waals surface area (Å²) in [4.78, 5) is 36.6. The molecule has 7 nitrogen and oxygen atoms in total. The average molecular weight is 386 g/mol. The van der Waals surface area contributed by atoms with E-state index in [1.54, 1.807) is 12.1 Å². The fourth-order valence-corrected chi connectivity index (χ4v) is 3.25. The highest BCUT2D eigenvalue weighted by molar-refractivity contribution is 8.18. The number of halogens is 1. The summed E-state index contributed by atoms with van der Waals surface area (Å²) >= 11 is 6.91. The molecule has 0 N–H and O–H groups in total. The van der Waals surface area contributed by atoms with Crippen LogP contribution in [-0.4, -0.2) is 49.4 Å². The number of thioether (sulfide) groups is 1. The van der Waals surface area contributed by atoms with Gasteiger partial charge in [0.2, 0.25) is 0 Å². The van der Waals surface area contributed by atoms with Gasteiger partial charge in [0.1, 0.15) is 6.54 Å². The molecule has 1 aromatic rings. The summed E-state index contributed by atoms with van der Waals surface area (Å²) in [6, 6.07) is 3.25. The van der Waals surface area contributed by atoms with Crippen LogP contribution in [0.1, 0.15) is 12.5 Å². The monoisotopic (exact) mass is 385 g/mol. The highest BCUT2D eigenvalue weighted by atomic mass is 35.5. The SMILES string of the molecule is CCOc1cc(/C=C2/SC(=O)N(CC(=O)OC)C2=O)cc(Cl)c1OC. The van der Waals surface area contributed by atoms with Crippen molar-refractivity contribution < 1.29 is 28.6 Å². The number of ether oxygens (including phenoxy) is 3. The molecule has 2 amide bonds. The van der Waals surface area contributed by atoms with E-state index in [9.17, 15) is 14.4 Å². The minimum Gasteiger partial charge on any atom is -0.491 e. The lowest BCUT2D eigenvalue weighted by molar-refractivity contribution is -0.143. The molecule has 0 aromatic heterocycles. The zero-order chi connectivity index (χ0) is 18.6. The number of hydrogen-bond acceptors (Lipinski definition) is 7. The van der Waals surface area contributed by atoms with Crippen molar-refractivity contribution in [2.45, 2.75) is 6.92 Å². The zero-order valence-corrected chi connectivity index (χ0v) is 15.4. The Kier molecular flexibility index (Phi) is 6.33. The first-order chi connectivity index (χ1) is 11.9. The smallest absolute Gasteiger partial charge is 0.325 e. The van der Waals surface area contributed by atoms with Crippen LogP contribution in [0.3, 0.4) is 0 Å². The van der Waals surface area contributed by atoms with Gasteiger partial charge in [0.05, 0.1) is 30.8 Å². The molecule has 0 aliphatic carbocycles. The Hall–Kier alpha value is -2.19. The van der Waals surface area contributed by atoms with Crippen LogP contribution in [0.15, 0.2) is 17.0 Å². The molecular formula is C16H16ClNO6S. The molecule has 1 saturated heterocycles. The summed E-state index contributed by atoms with van der Waals surface area (Å²) in [5.41, 5.74) is 0.567. The summed E-state index contributed by atoms with van der Waals surface area (Å²) in [6.45, 7) is 1.80. The summed E-state index contributed by atoms with van der Waals surface area (Å²) in [7, 11) is 2.66. The molecule has 9 heteroatoms. The van der Waals surface area contributed by atoms with E-state index >= 15 is 0 Å². The summed E-state index contributed by atoms with van der Waals surface area (Å²) in [6.07, 6.45) is 1.51. The number of carbonyl (C=O) groups excluding carboxylic acids is 3. The lowest BCUT2D eigenvalue weighted by Crippen LogP contribution is -2.34. The molecule has 0 unspecified atom stereocenters. The van der Waals surface area contributed by atoms with Gasteiger partial charge < -0.3 is 14.2 Å². The molecule has 0 bridgehead atoms. The number of nitrogens with zero attached hydrogens (tertiary/aromatic N) is 1. The number of esters is 1. The van der Waals surface area contributed by atoms with Crippen molar-refractivity contribution in [1.82, 2.24) is 4.90 Å². The maximum Gasteiger partial charge on any atom is 0.325 e. The number of imide groups is 1. The van der Waals surface area contributed by atoms with E-state index in [4.69, 9.17) is 21.1 Å². The lowest BCUT2D eigenvalue weighted by atomic mass is 10.1. The summed E-state index contributed by atoms with van der Waals surface area (Å²) in [5, 5.41) is -0.222. The number of benzene rings is 1. The Morgan fingerprint density at radius 3 is 2.64 bits per heavy atom. The summed E-state index contributed by atoms with van der Waals surface area (Å²) < 4.78 is 15.2. The molecule has 1 aliphatic rings. The third kappa shape index (κ3) is 4.26. The molecular weight excluding hydrogens is 370 g/mol. The number of hydrogen-bond donors (Lipinski definition) is 0. The van der Waals surface area contributed by atoms with E-state index in [0.29, 0.717) is 28.7 Å². The van der Waals surface area contributed by atoms with Crippen molar-refractivity contribution in [2.75, 3.05) is 27.4 Å². The third-order valence-electron chi connectivity index (χ3n) is 3.22. The van der Waals surface area contributed by atoms with Crippen LogP contribution in [-0.2, 0) is 14.3 Å². The average Bonchev–Trinajstić information content (AvgIpc) is 2.82. The maximum atomic E-state index is 12.3. The van der Waals surface area contributed by atoms with E-state index in [-0.39, 0.29) is 4.91 Å². The second-order valence-corrected chi connectivity index (χ2v) is 6.21. The second kappa shape index (κ2) is 8.26. The quantitative estimate of drug-likeness (QED) is 0.550. The van der Waals surface area contributed by atoms with Crippen molar-refractivity contribution in [3.8, 4) is 11.5 Å². The van der Waals surface area contributed by atoms with Crippen molar-refractivity contribution >= 4 is 46.6 Å². The van der Waals surface area contributed by atoms with Gasteiger partial charge in [-0.05, 0) is 42.5 Å². The normalized spacial score (nSPS) is 15.7. The molecule has 1 aromatic carbocycles. The van der Waals surface area contributed by atoms with Gasteiger partial charge in [0.15, 0.2) is 11.5 Å². The van der Waals surface area contributed by atoms with E-state index < -0.39 is 23.7 Å². The first kappa shape index (κ1) is 19.1. The Balaban J connectivity index is 2.33. The largest absolute Gasteiger partial charge is 0.491 e. The van der Waals surface area contributed by atoms with Gasteiger partial charge in [0.25, 0.3) is 11.1 Å². The molecule has 0 atom stereocenters. The van der Waals surface area contributed by atoms with Crippen LogP contribution in [0.25, 0.3) is 6.08 Å². The summed E-state index contributed by atoms with van der Waals surface area (Å²) in [5.74, 6) is -0.419.